The van der Waals surface area contributed by atoms with Crippen molar-refractivity contribution in [1.82, 2.24) is 0 Å². The van der Waals surface area contributed by atoms with E-state index < -0.39 is 16.0 Å². The number of hydrogen-bond donors (Lipinski definition) is 0. The molecule has 1 heterocycles. The van der Waals surface area contributed by atoms with Gasteiger partial charge in [0.05, 0.1) is 0 Å². The van der Waals surface area contributed by atoms with Crippen LogP contribution >= 0.6 is 22.9 Å². The van der Waals surface area contributed by atoms with Gasteiger partial charge in [-0.3, -0.25) is 0 Å². The monoisotopic (exact) mass is 357 g/mol. The Bertz CT molecular complexity index is 791. The van der Waals surface area contributed by atoms with E-state index in [1.54, 1.807) is 36.4 Å². The lowest BCUT2D eigenvalue weighted by molar-refractivity contribution is -0.0864. The fourth-order valence-electron chi connectivity index (χ4n) is 2.69. The summed E-state index contributed by atoms with van der Waals surface area (Å²) in [4.78, 5) is 0.372. The average molecular weight is 358 g/mol. The minimum atomic E-state index is -4.25. The van der Waals surface area contributed by atoms with Crippen molar-refractivity contribution in [2.75, 3.05) is 0 Å². The van der Waals surface area contributed by atoms with Gasteiger partial charge in [-0.25, -0.2) is 0 Å². The zero-order chi connectivity index (χ0) is 15.7. The van der Waals surface area contributed by atoms with Crippen LogP contribution in [0.3, 0.4) is 0 Å². The van der Waals surface area contributed by atoms with Gasteiger partial charge in [0.1, 0.15) is 10.5 Å². The topological polar surface area (TPSA) is 0 Å². The highest BCUT2D eigenvalue weighted by atomic mass is 35.5. The van der Waals surface area contributed by atoms with Gasteiger partial charge in [-0.1, -0.05) is 37.6 Å². The van der Waals surface area contributed by atoms with Gasteiger partial charge in [-0.15, -0.1) is 25.6 Å². The maximum atomic E-state index is 13.7. The first-order valence-corrected chi connectivity index (χ1v) is 8.44. The smallest absolute Gasteiger partial charge is 0.147 e. The molecule has 0 nitrogen and oxygen atoms in total. The van der Waals surface area contributed by atoms with E-state index in [2.05, 4.69) is 0 Å². The number of hydrogen-bond acceptors (Lipinski definition) is 0. The summed E-state index contributed by atoms with van der Waals surface area (Å²) in [6, 6.07) is 16.1. The van der Waals surface area contributed by atoms with Crippen molar-refractivity contribution in [3.05, 3.63) is 60.2 Å². The molecule has 0 saturated carbocycles. The van der Waals surface area contributed by atoms with Crippen LogP contribution in [0.2, 0.25) is 0 Å². The molecule has 1 atom stereocenters. The van der Waals surface area contributed by atoms with E-state index in [1.807, 2.05) is 25.1 Å². The lowest BCUT2D eigenvalue weighted by atomic mass is 10.1. The van der Waals surface area contributed by atoms with Crippen LogP contribution in [-0.4, -0.2) is 0 Å². The van der Waals surface area contributed by atoms with Gasteiger partial charge in [0.15, 0.2) is 9.58 Å². The third-order valence-corrected chi connectivity index (χ3v) is 5.68. The lowest BCUT2D eigenvalue weighted by Gasteiger charge is -2.01. The van der Waals surface area contributed by atoms with E-state index in [0.717, 1.165) is 18.4 Å². The van der Waals surface area contributed by atoms with Crippen LogP contribution in [0.15, 0.2) is 54.6 Å². The molecular formula is C18H17ClF3S+. The Hall–Kier alpha value is -1.52. The van der Waals surface area contributed by atoms with E-state index >= 15 is 0 Å². The van der Waals surface area contributed by atoms with Crippen molar-refractivity contribution in [3.63, 3.8) is 0 Å². The molecule has 0 bridgehead atoms. The molecule has 0 aliphatic heterocycles. The third kappa shape index (κ3) is 3.54. The first-order chi connectivity index (χ1) is 10.5. The summed E-state index contributed by atoms with van der Waals surface area (Å²) in [5, 5.41) is 0.694. The van der Waals surface area contributed by atoms with Gasteiger partial charge in [0, 0.05) is 23.1 Å². The quantitative estimate of drug-likeness (QED) is 0.438. The Labute approximate surface area is 142 Å². The maximum absolute atomic E-state index is 13.7. The largest absolute Gasteiger partial charge is 0.601 e. The molecule has 0 aliphatic rings. The Balaban J connectivity index is 0.00000192. The highest BCUT2D eigenvalue weighted by Crippen LogP contribution is 2.54. The predicted octanol–water partition coefficient (Wildman–Crippen LogP) is 7.11. The Morgan fingerprint density at radius 1 is 0.957 bits per heavy atom. The van der Waals surface area contributed by atoms with Crippen molar-refractivity contribution in [2.24, 2.45) is 0 Å². The van der Waals surface area contributed by atoms with Crippen LogP contribution in [0.1, 0.15) is 18.9 Å². The molecule has 1 aromatic heterocycles. The third-order valence-electron chi connectivity index (χ3n) is 3.63. The van der Waals surface area contributed by atoms with Gasteiger partial charge < -0.3 is 0 Å². The summed E-state index contributed by atoms with van der Waals surface area (Å²) < 4.78 is 41.4. The summed E-state index contributed by atoms with van der Waals surface area (Å²) in [5.74, 6) is 0. The molecule has 0 amide bonds. The fourth-order valence-corrected chi connectivity index (χ4v) is 4.67. The molecule has 0 aliphatic carbocycles. The molecule has 23 heavy (non-hydrogen) atoms. The number of halogens is 4. The van der Waals surface area contributed by atoms with Crippen LogP contribution in [0.25, 0.3) is 20.5 Å². The first kappa shape index (κ1) is 17.8. The minimum absolute atomic E-state index is 0. The Morgan fingerprint density at radius 2 is 1.65 bits per heavy atom. The Morgan fingerprint density at radius 3 is 2.26 bits per heavy atom. The molecule has 3 aromatic rings. The summed E-state index contributed by atoms with van der Waals surface area (Å²) in [6.07, 6.45) is 1.74. The van der Waals surface area contributed by atoms with E-state index in [1.165, 1.54) is 0 Å². The van der Waals surface area contributed by atoms with Crippen molar-refractivity contribution < 1.29 is 13.2 Å². The van der Waals surface area contributed by atoms with Crippen LogP contribution in [0.4, 0.5) is 13.2 Å². The number of fused-ring (bicyclic) bond motifs is 1. The number of thiophene rings is 1. The number of aryl methyl sites for hydroxylation is 1. The highest BCUT2D eigenvalue weighted by Gasteiger charge is 2.48. The molecule has 0 spiro atoms. The van der Waals surface area contributed by atoms with Crippen LogP contribution in [-0.2, 0) is 11.9 Å². The lowest BCUT2D eigenvalue weighted by Crippen LogP contribution is -1.96. The molecule has 5 heteroatoms. The molecule has 0 N–H and O–H groups in total. The minimum Gasteiger partial charge on any atom is -0.147 e. The molecule has 0 radical (unpaired) electrons. The number of rotatable bonds is 3. The second-order valence-electron chi connectivity index (χ2n) is 5.25. The molecular weight excluding hydrogens is 341 g/mol. The molecule has 122 valence electrons. The zero-order valence-corrected chi connectivity index (χ0v) is 14.2. The molecule has 3 rings (SSSR count). The van der Waals surface area contributed by atoms with Crippen LogP contribution in [0.5, 0.6) is 0 Å². The van der Waals surface area contributed by atoms with E-state index in [4.69, 9.17) is 0 Å². The van der Waals surface area contributed by atoms with Crippen molar-refractivity contribution in [2.45, 2.75) is 25.3 Å². The maximum Gasteiger partial charge on any atom is 0.601 e. The van der Waals surface area contributed by atoms with Crippen LogP contribution in [0, 0.1) is 0 Å². The van der Waals surface area contributed by atoms with E-state index in [0.29, 0.717) is 20.5 Å². The molecule has 0 saturated heterocycles. The second kappa shape index (κ2) is 6.93. The van der Waals surface area contributed by atoms with E-state index in [9.17, 15) is 13.2 Å². The summed E-state index contributed by atoms with van der Waals surface area (Å²) >= 11 is 0. The standard InChI is InChI=1S/C18H16F3S.ClH/c1-2-6-13-9-10-15-12-17(14-7-4-3-5-8-14)22(16(15)11-13)18(19,20)21;/h3-5,7-12H,2,6H2,1H3;1H/q+1;. The SMILES string of the molecule is CCCc1ccc2cc(-c3ccccc3)[s+](C(F)(F)F)c2c1.Cl. The highest BCUT2D eigenvalue weighted by molar-refractivity contribution is 7.41. The van der Waals surface area contributed by atoms with Crippen molar-refractivity contribution >= 4 is 33.0 Å². The van der Waals surface area contributed by atoms with Gasteiger partial charge in [-0.2, -0.15) is 0 Å². The summed E-state index contributed by atoms with van der Waals surface area (Å²) in [6.45, 7) is 2.03. The van der Waals surface area contributed by atoms with Gasteiger partial charge in [-0.05, 0) is 30.2 Å². The fraction of sp³-hybridized carbons (Fsp3) is 0.222. The second-order valence-corrected chi connectivity index (χ2v) is 7.20. The van der Waals surface area contributed by atoms with Gasteiger partial charge >= 0.3 is 5.51 Å². The van der Waals surface area contributed by atoms with Gasteiger partial charge in [0.2, 0.25) is 0 Å². The van der Waals surface area contributed by atoms with Crippen LogP contribution < -0.4 is 0 Å². The predicted molar refractivity (Wildman–Crippen MR) is 94.4 cm³/mol. The first-order valence-electron chi connectivity index (χ1n) is 7.22. The average Bonchev–Trinajstić information content (AvgIpc) is 2.87. The molecule has 2 aromatic carbocycles. The zero-order valence-electron chi connectivity index (χ0n) is 12.6. The summed E-state index contributed by atoms with van der Waals surface area (Å²) in [5.41, 5.74) is -2.63. The van der Waals surface area contributed by atoms with Crippen molar-refractivity contribution in [3.8, 4) is 10.4 Å². The van der Waals surface area contributed by atoms with Crippen molar-refractivity contribution in [1.29, 1.82) is 0 Å². The summed E-state index contributed by atoms with van der Waals surface area (Å²) in [7, 11) is -1.86. The van der Waals surface area contributed by atoms with Gasteiger partial charge in [0.25, 0.3) is 0 Å². The number of benzene rings is 2. The number of alkyl halides is 3. The normalized spacial score (nSPS) is 12.3. The van der Waals surface area contributed by atoms with E-state index in [-0.39, 0.29) is 12.4 Å². The molecule has 1 unspecified atom stereocenters. The molecule has 0 fully saturated rings. The Kier molecular flexibility index (Phi) is 5.37.